The summed E-state index contributed by atoms with van der Waals surface area (Å²) in [5.41, 5.74) is -5.71. The van der Waals surface area contributed by atoms with Crippen molar-refractivity contribution >= 4 is 17.7 Å². The first kappa shape index (κ1) is 32.1. The molecular formula is C27H26F9NO4. The number of anilines is 1. The SMILES string of the molecule is CCOC(=O)C(c1cc(C(F)(F)F)cc(C(F)(F)F)c1)C1CC(CC)N(C(=O)OCC)c2ccc(C(F)(F)F)cc21. The Balaban J connectivity index is 2.37. The first-order chi connectivity index (χ1) is 18.9. The molecule has 0 N–H and O–H groups in total. The van der Waals surface area contributed by atoms with Crippen LogP contribution in [0.25, 0.3) is 0 Å². The number of ether oxygens (including phenoxy) is 2. The average molecular weight is 599 g/mol. The van der Waals surface area contributed by atoms with E-state index in [2.05, 4.69) is 0 Å². The Labute approximate surface area is 229 Å². The molecule has 0 spiro atoms. The van der Waals surface area contributed by atoms with Crippen molar-refractivity contribution in [3.05, 3.63) is 64.2 Å². The van der Waals surface area contributed by atoms with E-state index in [1.807, 2.05) is 0 Å². The maximum atomic E-state index is 13.7. The van der Waals surface area contributed by atoms with Crippen LogP contribution in [0, 0.1) is 0 Å². The van der Waals surface area contributed by atoms with Crippen LogP contribution < -0.4 is 4.90 Å². The summed E-state index contributed by atoms with van der Waals surface area (Å²) < 4.78 is 133. The fourth-order valence-electron chi connectivity index (χ4n) is 5.00. The highest BCUT2D eigenvalue weighted by atomic mass is 19.4. The van der Waals surface area contributed by atoms with E-state index < -0.39 is 70.7 Å². The van der Waals surface area contributed by atoms with Gasteiger partial charge in [-0.3, -0.25) is 9.69 Å². The molecule has 1 heterocycles. The standard InChI is InChI=1S/C27H26F9NO4/c1-4-18-13-20(19-12-15(25(28,29)30)7-8-21(19)37(18)24(39)41-6-3)22(23(38)40-5-2)14-9-16(26(31,32)33)11-17(10-14)27(34,35)36/h7-12,18,20,22H,4-6,13H2,1-3H3. The monoisotopic (exact) mass is 599 g/mol. The fourth-order valence-corrected chi connectivity index (χ4v) is 5.00. The van der Waals surface area contributed by atoms with Crippen LogP contribution >= 0.6 is 0 Å². The summed E-state index contributed by atoms with van der Waals surface area (Å²) in [4.78, 5) is 27.2. The molecule has 2 aromatic rings. The number of carbonyl (C=O) groups excluding carboxylic acids is 2. The zero-order valence-corrected chi connectivity index (χ0v) is 22.0. The Hall–Kier alpha value is -3.45. The van der Waals surface area contributed by atoms with Crippen molar-refractivity contribution in [3.63, 3.8) is 0 Å². The molecule has 0 radical (unpaired) electrons. The first-order valence-electron chi connectivity index (χ1n) is 12.6. The minimum atomic E-state index is -5.24. The molecule has 3 atom stereocenters. The van der Waals surface area contributed by atoms with Gasteiger partial charge in [0.15, 0.2) is 0 Å². The number of hydrogen-bond donors (Lipinski definition) is 0. The number of amides is 1. The molecule has 1 amide bonds. The van der Waals surface area contributed by atoms with Gasteiger partial charge in [-0.25, -0.2) is 4.79 Å². The molecule has 3 rings (SSSR count). The van der Waals surface area contributed by atoms with E-state index in [0.717, 1.165) is 11.0 Å². The molecule has 1 aliphatic rings. The van der Waals surface area contributed by atoms with Crippen molar-refractivity contribution in [3.8, 4) is 0 Å². The van der Waals surface area contributed by atoms with E-state index in [1.165, 1.54) is 13.8 Å². The maximum Gasteiger partial charge on any atom is 0.416 e. The largest absolute Gasteiger partial charge is 0.466 e. The zero-order valence-electron chi connectivity index (χ0n) is 22.0. The molecule has 0 aliphatic carbocycles. The van der Waals surface area contributed by atoms with Crippen molar-refractivity contribution in [1.82, 2.24) is 0 Å². The topological polar surface area (TPSA) is 55.8 Å². The van der Waals surface area contributed by atoms with Crippen LogP contribution in [-0.2, 0) is 32.8 Å². The maximum absolute atomic E-state index is 13.7. The fraction of sp³-hybridized carbons (Fsp3) is 0.481. The van der Waals surface area contributed by atoms with Crippen molar-refractivity contribution < 1.29 is 58.6 Å². The van der Waals surface area contributed by atoms with Crippen LogP contribution in [0.4, 0.5) is 50.0 Å². The molecule has 0 bridgehead atoms. The van der Waals surface area contributed by atoms with E-state index in [-0.39, 0.29) is 43.4 Å². The lowest BCUT2D eigenvalue weighted by molar-refractivity contribution is -0.147. The molecule has 2 aromatic carbocycles. The number of nitrogens with zero attached hydrogens (tertiary/aromatic N) is 1. The normalized spacial score (nSPS) is 18.5. The van der Waals surface area contributed by atoms with Crippen LogP contribution in [0.15, 0.2) is 36.4 Å². The molecule has 1 aliphatic heterocycles. The van der Waals surface area contributed by atoms with Gasteiger partial charge in [-0.2, -0.15) is 39.5 Å². The quantitative estimate of drug-likeness (QED) is 0.248. The number of alkyl halides is 9. The minimum absolute atomic E-state index is 0.0823. The summed E-state index contributed by atoms with van der Waals surface area (Å²) in [5.74, 6) is -4.50. The number of hydrogen-bond acceptors (Lipinski definition) is 4. The molecule has 226 valence electrons. The predicted molar refractivity (Wildman–Crippen MR) is 128 cm³/mol. The molecule has 0 saturated heterocycles. The van der Waals surface area contributed by atoms with Gasteiger partial charge in [0.2, 0.25) is 0 Å². The Morgan fingerprint density at radius 1 is 0.805 bits per heavy atom. The third kappa shape index (κ3) is 6.89. The van der Waals surface area contributed by atoms with Crippen LogP contribution in [0.1, 0.15) is 73.3 Å². The molecule has 41 heavy (non-hydrogen) atoms. The summed E-state index contributed by atoms with van der Waals surface area (Å²) in [7, 11) is 0. The molecule has 0 saturated carbocycles. The number of esters is 1. The second-order valence-corrected chi connectivity index (χ2v) is 9.31. The predicted octanol–water partition coefficient (Wildman–Crippen LogP) is 8.32. The lowest BCUT2D eigenvalue weighted by Crippen LogP contribution is -2.46. The van der Waals surface area contributed by atoms with E-state index in [9.17, 15) is 49.1 Å². The van der Waals surface area contributed by atoms with Gasteiger partial charge in [-0.05, 0) is 74.2 Å². The van der Waals surface area contributed by atoms with Gasteiger partial charge in [-0.1, -0.05) is 6.92 Å². The molecule has 14 heteroatoms. The average Bonchev–Trinajstić information content (AvgIpc) is 2.86. The van der Waals surface area contributed by atoms with Crippen LogP contribution in [0.3, 0.4) is 0 Å². The van der Waals surface area contributed by atoms with E-state index in [4.69, 9.17) is 9.47 Å². The number of fused-ring (bicyclic) bond motifs is 1. The zero-order chi connectivity index (χ0) is 30.9. The van der Waals surface area contributed by atoms with Gasteiger partial charge in [0.25, 0.3) is 0 Å². The summed E-state index contributed by atoms with van der Waals surface area (Å²) in [5, 5.41) is 0. The highest BCUT2D eigenvalue weighted by Crippen LogP contribution is 2.50. The molecule has 0 aromatic heterocycles. The van der Waals surface area contributed by atoms with E-state index in [1.54, 1.807) is 6.92 Å². The Bertz CT molecular complexity index is 1240. The Kier molecular flexibility index (Phi) is 9.23. The van der Waals surface area contributed by atoms with Gasteiger partial charge in [0.1, 0.15) is 0 Å². The molecular weight excluding hydrogens is 573 g/mol. The summed E-state index contributed by atoms with van der Waals surface area (Å²) in [6.45, 7) is 4.09. The lowest BCUT2D eigenvalue weighted by atomic mass is 9.73. The summed E-state index contributed by atoms with van der Waals surface area (Å²) in [6.07, 6.45) is -16.4. The smallest absolute Gasteiger partial charge is 0.416 e. The van der Waals surface area contributed by atoms with Crippen molar-refractivity contribution in [2.75, 3.05) is 18.1 Å². The number of benzene rings is 2. The van der Waals surface area contributed by atoms with Crippen molar-refractivity contribution in [2.24, 2.45) is 0 Å². The van der Waals surface area contributed by atoms with Gasteiger partial charge in [-0.15, -0.1) is 0 Å². The summed E-state index contributed by atoms with van der Waals surface area (Å²) in [6, 6.07) is 2.09. The van der Waals surface area contributed by atoms with Crippen LogP contribution in [-0.4, -0.2) is 31.3 Å². The second kappa shape index (κ2) is 11.8. The lowest BCUT2D eigenvalue weighted by Gasteiger charge is -2.42. The van der Waals surface area contributed by atoms with Gasteiger partial charge >= 0.3 is 30.6 Å². The minimum Gasteiger partial charge on any atom is -0.466 e. The Morgan fingerprint density at radius 2 is 1.34 bits per heavy atom. The third-order valence-corrected chi connectivity index (χ3v) is 6.75. The van der Waals surface area contributed by atoms with Gasteiger partial charge in [0.05, 0.1) is 41.5 Å². The third-order valence-electron chi connectivity index (χ3n) is 6.75. The van der Waals surface area contributed by atoms with E-state index >= 15 is 0 Å². The highest BCUT2D eigenvalue weighted by molar-refractivity contribution is 5.91. The summed E-state index contributed by atoms with van der Waals surface area (Å²) >= 11 is 0. The Morgan fingerprint density at radius 3 is 1.80 bits per heavy atom. The highest BCUT2D eigenvalue weighted by Gasteiger charge is 2.46. The molecule has 3 unspecified atom stereocenters. The molecule has 0 fully saturated rings. The number of rotatable bonds is 6. The van der Waals surface area contributed by atoms with Gasteiger partial charge < -0.3 is 9.47 Å². The van der Waals surface area contributed by atoms with Crippen molar-refractivity contribution in [2.45, 2.75) is 70.0 Å². The van der Waals surface area contributed by atoms with Gasteiger partial charge in [0, 0.05) is 12.0 Å². The molecule has 5 nitrogen and oxygen atoms in total. The second-order valence-electron chi connectivity index (χ2n) is 9.31. The van der Waals surface area contributed by atoms with Crippen LogP contribution in [0.5, 0.6) is 0 Å². The van der Waals surface area contributed by atoms with Crippen LogP contribution in [0.2, 0.25) is 0 Å². The number of halogens is 9. The number of carbonyl (C=O) groups is 2. The van der Waals surface area contributed by atoms with E-state index in [0.29, 0.717) is 24.3 Å². The van der Waals surface area contributed by atoms with Crippen molar-refractivity contribution in [1.29, 1.82) is 0 Å². The first-order valence-corrected chi connectivity index (χ1v) is 12.6.